The highest BCUT2D eigenvalue weighted by atomic mass is 35.5. The molecule has 0 N–H and O–H groups in total. The summed E-state index contributed by atoms with van der Waals surface area (Å²) in [4.78, 5) is 4.43. The lowest BCUT2D eigenvalue weighted by molar-refractivity contribution is -0.274. The van der Waals surface area contributed by atoms with Crippen molar-refractivity contribution in [3.63, 3.8) is 0 Å². The van der Waals surface area contributed by atoms with Gasteiger partial charge >= 0.3 is 6.36 Å². The van der Waals surface area contributed by atoms with Crippen LogP contribution >= 0.6 is 23.2 Å². The molecule has 0 bridgehead atoms. The molecule has 10 heteroatoms. The summed E-state index contributed by atoms with van der Waals surface area (Å²) in [6.45, 7) is 5.30. The summed E-state index contributed by atoms with van der Waals surface area (Å²) < 4.78 is 48.1. The number of hydrogen-bond donors (Lipinski definition) is 0. The second-order valence-electron chi connectivity index (χ2n) is 7.47. The SMILES string of the molecule is Cc1onc(-c2ccccc2OC(F)(F)F)c1CN1CCN(c2ccc(Cl)c(Cl)c2)CC1. The second kappa shape index (κ2) is 9.21. The molecular weight excluding hydrogens is 466 g/mol. The summed E-state index contributed by atoms with van der Waals surface area (Å²) in [6.07, 6.45) is -4.80. The van der Waals surface area contributed by atoms with E-state index in [1.807, 2.05) is 12.1 Å². The van der Waals surface area contributed by atoms with Gasteiger partial charge in [-0.05, 0) is 37.3 Å². The Morgan fingerprint density at radius 2 is 1.75 bits per heavy atom. The zero-order valence-corrected chi connectivity index (χ0v) is 18.6. The van der Waals surface area contributed by atoms with Gasteiger partial charge in [0.15, 0.2) is 0 Å². The lowest BCUT2D eigenvalue weighted by atomic mass is 10.0. The molecule has 3 aromatic rings. The van der Waals surface area contributed by atoms with E-state index in [9.17, 15) is 13.2 Å². The molecule has 0 spiro atoms. The van der Waals surface area contributed by atoms with E-state index in [1.54, 1.807) is 25.1 Å². The first-order valence-electron chi connectivity index (χ1n) is 9.94. The predicted molar refractivity (Wildman–Crippen MR) is 117 cm³/mol. The number of halogens is 5. The van der Waals surface area contributed by atoms with Crippen LogP contribution in [-0.4, -0.2) is 42.6 Å². The molecule has 1 aliphatic rings. The third-order valence-electron chi connectivity index (χ3n) is 5.37. The summed E-state index contributed by atoms with van der Waals surface area (Å²) in [5.41, 5.74) is 2.34. The first-order valence-corrected chi connectivity index (χ1v) is 10.7. The Morgan fingerprint density at radius 3 is 2.44 bits per heavy atom. The van der Waals surface area contributed by atoms with E-state index in [-0.39, 0.29) is 11.3 Å². The van der Waals surface area contributed by atoms with E-state index in [2.05, 4.69) is 19.7 Å². The van der Waals surface area contributed by atoms with E-state index in [0.717, 1.165) is 37.4 Å². The van der Waals surface area contributed by atoms with Crippen molar-refractivity contribution in [3.8, 4) is 17.0 Å². The maximum Gasteiger partial charge on any atom is 0.573 e. The van der Waals surface area contributed by atoms with E-state index >= 15 is 0 Å². The van der Waals surface area contributed by atoms with Gasteiger partial charge < -0.3 is 14.2 Å². The van der Waals surface area contributed by atoms with Gasteiger partial charge in [0.1, 0.15) is 17.2 Å². The van der Waals surface area contributed by atoms with Crippen LogP contribution in [0.3, 0.4) is 0 Å². The molecule has 0 saturated carbocycles. The number of nitrogens with zero attached hydrogens (tertiary/aromatic N) is 3. The number of rotatable bonds is 5. The Bertz CT molecular complexity index is 1100. The number of para-hydroxylation sites is 1. The Labute approximate surface area is 193 Å². The monoisotopic (exact) mass is 485 g/mol. The van der Waals surface area contributed by atoms with Crippen molar-refractivity contribution in [2.75, 3.05) is 31.1 Å². The number of aromatic nitrogens is 1. The van der Waals surface area contributed by atoms with Crippen molar-refractivity contribution < 1.29 is 22.4 Å². The van der Waals surface area contributed by atoms with Gasteiger partial charge in [-0.25, -0.2) is 0 Å². The number of ether oxygens (including phenoxy) is 1. The number of hydrogen-bond acceptors (Lipinski definition) is 5. The second-order valence-corrected chi connectivity index (χ2v) is 8.29. The first kappa shape index (κ1) is 22.8. The van der Waals surface area contributed by atoms with Crippen molar-refractivity contribution in [2.45, 2.75) is 19.8 Å². The van der Waals surface area contributed by atoms with Crippen LogP contribution in [0, 0.1) is 6.92 Å². The molecule has 5 nitrogen and oxygen atoms in total. The van der Waals surface area contributed by atoms with Gasteiger partial charge in [0.25, 0.3) is 0 Å². The molecule has 1 aromatic heterocycles. The van der Waals surface area contributed by atoms with Gasteiger partial charge in [0.2, 0.25) is 0 Å². The smallest absolute Gasteiger partial charge is 0.405 e. The molecular formula is C22H20Cl2F3N3O2. The van der Waals surface area contributed by atoms with Crippen LogP contribution in [0.25, 0.3) is 11.3 Å². The summed E-state index contributed by atoms with van der Waals surface area (Å²) in [6, 6.07) is 11.5. The van der Waals surface area contributed by atoms with Gasteiger partial charge in [-0.15, -0.1) is 13.2 Å². The number of anilines is 1. The highest BCUT2D eigenvalue weighted by Gasteiger charge is 2.33. The third kappa shape index (κ3) is 5.14. The van der Waals surface area contributed by atoms with Crippen LogP contribution in [0.5, 0.6) is 5.75 Å². The summed E-state index contributed by atoms with van der Waals surface area (Å²) >= 11 is 12.1. The molecule has 0 atom stereocenters. The van der Waals surface area contributed by atoms with E-state index in [4.69, 9.17) is 27.7 Å². The lowest BCUT2D eigenvalue weighted by Crippen LogP contribution is -2.46. The van der Waals surface area contributed by atoms with Gasteiger partial charge in [0.05, 0.1) is 10.0 Å². The molecule has 0 amide bonds. The largest absolute Gasteiger partial charge is 0.573 e. The minimum Gasteiger partial charge on any atom is -0.405 e. The number of piperazine rings is 1. The Kier molecular flexibility index (Phi) is 6.55. The molecule has 1 fully saturated rings. The number of aryl methyl sites for hydroxylation is 1. The van der Waals surface area contributed by atoms with Gasteiger partial charge in [-0.3, -0.25) is 4.90 Å². The van der Waals surface area contributed by atoms with Crippen molar-refractivity contribution in [2.24, 2.45) is 0 Å². The minimum atomic E-state index is -4.80. The van der Waals surface area contributed by atoms with Crippen LogP contribution < -0.4 is 9.64 Å². The number of benzene rings is 2. The van der Waals surface area contributed by atoms with Gasteiger partial charge in [0, 0.05) is 49.5 Å². The molecule has 4 rings (SSSR count). The average molecular weight is 486 g/mol. The summed E-state index contributed by atoms with van der Waals surface area (Å²) in [5, 5.41) is 5.06. The summed E-state index contributed by atoms with van der Waals surface area (Å²) in [5.74, 6) is 0.257. The predicted octanol–water partition coefficient (Wildman–Crippen LogP) is 6.18. The van der Waals surface area contributed by atoms with E-state index in [1.165, 1.54) is 12.1 Å². The van der Waals surface area contributed by atoms with Crippen molar-refractivity contribution in [3.05, 3.63) is 63.8 Å². The molecule has 0 radical (unpaired) electrons. The van der Waals surface area contributed by atoms with Crippen LogP contribution in [0.2, 0.25) is 10.0 Å². The molecule has 1 saturated heterocycles. The summed E-state index contributed by atoms with van der Waals surface area (Å²) in [7, 11) is 0. The molecule has 2 aromatic carbocycles. The van der Waals surface area contributed by atoms with E-state index < -0.39 is 6.36 Å². The Morgan fingerprint density at radius 1 is 1.03 bits per heavy atom. The van der Waals surface area contributed by atoms with Crippen LogP contribution in [0.1, 0.15) is 11.3 Å². The van der Waals surface area contributed by atoms with Crippen molar-refractivity contribution in [1.82, 2.24) is 10.1 Å². The molecule has 1 aliphatic heterocycles. The van der Waals surface area contributed by atoms with Crippen molar-refractivity contribution >= 4 is 28.9 Å². The normalized spacial score (nSPS) is 15.2. The third-order valence-corrected chi connectivity index (χ3v) is 6.11. The molecule has 170 valence electrons. The molecule has 0 aliphatic carbocycles. The Balaban J connectivity index is 1.49. The quantitative estimate of drug-likeness (QED) is 0.431. The van der Waals surface area contributed by atoms with Gasteiger partial charge in [-0.2, -0.15) is 0 Å². The molecule has 32 heavy (non-hydrogen) atoms. The first-order chi connectivity index (χ1) is 15.2. The zero-order chi connectivity index (χ0) is 22.9. The van der Waals surface area contributed by atoms with Crippen LogP contribution in [0.4, 0.5) is 18.9 Å². The minimum absolute atomic E-state index is 0.242. The molecule has 2 heterocycles. The van der Waals surface area contributed by atoms with Crippen LogP contribution in [-0.2, 0) is 6.54 Å². The van der Waals surface area contributed by atoms with Gasteiger partial charge in [-0.1, -0.05) is 40.5 Å². The average Bonchev–Trinajstić information content (AvgIpc) is 3.10. The number of alkyl halides is 3. The fraction of sp³-hybridized carbons (Fsp3) is 0.318. The maximum atomic E-state index is 12.8. The molecule has 0 unspecified atom stereocenters. The fourth-order valence-electron chi connectivity index (χ4n) is 3.73. The highest BCUT2D eigenvalue weighted by molar-refractivity contribution is 6.42. The fourth-order valence-corrected chi connectivity index (χ4v) is 4.03. The standard InChI is InChI=1S/C22H20Cl2F3N3O2/c1-14-17(21(28-32-14)16-4-2-3-5-20(16)31-22(25,26)27)13-29-8-10-30(11-9-29)15-6-7-18(23)19(24)12-15/h2-7,12H,8-11,13H2,1H3. The highest BCUT2D eigenvalue weighted by Crippen LogP contribution is 2.36. The zero-order valence-electron chi connectivity index (χ0n) is 17.1. The maximum absolute atomic E-state index is 12.8. The van der Waals surface area contributed by atoms with Crippen molar-refractivity contribution in [1.29, 1.82) is 0 Å². The Hall–Kier alpha value is -2.42. The lowest BCUT2D eigenvalue weighted by Gasteiger charge is -2.36. The topological polar surface area (TPSA) is 41.7 Å². The van der Waals surface area contributed by atoms with E-state index in [0.29, 0.717) is 28.0 Å². The van der Waals surface area contributed by atoms with Crippen LogP contribution in [0.15, 0.2) is 47.0 Å².